The van der Waals surface area contributed by atoms with Crippen LogP contribution in [0.5, 0.6) is 6.01 Å². The van der Waals surface area contributed by atoms with Gasteiger partial charge in [0.1, 0.15) is 18.2 Å². The van der Waals surface area contributed by atoms with Crippen molar-refractivity contribution in [3.63, 3.8) is 0 Å². The van der Waals surface area contributed by atoms with Gasteiger partial charge in [-0.05, 0) is 150 Å². The molecule has 2 aromatic carbocycles. The minimum absolute atomic E-state index is 0. The molecule has 2 aromatic heterocycles. The number of likely N-dealkylation sites (N-methyl/N-ethyl adjacent to an activating group) is 2. The van der Waals surface area contributed by atoms with Crippen molar-refractivity contribution in [2.75, 3.05) is 76.4 Å². The van der Waals surface area contributed by atoms with Gasteiger partial charge in [0.05, 0.1) is 18.0 Å². The van der Waals surface area contributed by atoms with Crippen LogP contribution in [0.1, 0.15) is 143 Å². The van der Waals surface area contributed by atoms with Gasteiger partial charge in [0.25, 0.3) is 0 Å². The maximum atomic E-state index is 8.69. The third kappa shape index (κ3) is 12.7. The van der Waals surface area contributed by atoms with E-state index in [1.165, 1.54) is 84.7 Å². The Balaban J connectivity index is 0.000000184. The Hall–Kier alpha value is -3.79. The number of halogens is 1. The smallest absolute Gasteiger partial charge is 1.00 e. The van der Waals surface area contributed by atoms with E-state index >= 15 is 0 Å². The predicted octanol–water partition coefficient (Wildman–Crippen LogP) is 6.39. The van der Waals surface area contributed by atoms with Crippen molar-refractivity contribution in [1.82, 2.24) is 39.5 Å². The molecule has 0 spiro atoms. The molecule has 14 heteroatoms. The first-order valence-electron chi connectivity index (χ1n) is 26.9. The van der Waals surface area contributed by atoms with Gasteiger partial charge in [-0.3, -0.25) is 9.80 Å². The Morgan fingerprint density at radius 1 is 0.644 bits per heavy atom. The number of aryl methyl sites for hydroxylation is 2. The maximum absolute atomic E-state index is 8.69. The van der Waals surface area contributed by atoms with Gasteiger partial charge in [0, 0.05) is 100 Å². The topological polar surface area (TPSA) is 100 Å². The average molecular weight is 1020 g/mol. The number of likely N-dealkylation sites (tertiary alicyclic amines) is 2. The zero-order valence-corrected chi connectivity index (χ0v) is 46.1. The molecule has 0 amide bonds. The molecule has 0 radical (unpaired) electrons. The second-order valence-electron chi connectivity index (χ2n) is 21.6. The van der Waals surface area contributed by atoms with E-state index in [0.29, 0.717) is 60.5 Å². The minimum Gasteiger partial charge on any atom is -1.00 e. The summed E-state index contributed by atoms with van der Waals surface area (Å²) in [4.78, 5) is 33.9. The number of nitrogens with zero attached hydrogens (tertiary/aromatic N) is 10. The number of hydrogen-bond acceptors (Lipinski definition) is 12. The number of aromatic nitrogens is 4. The van der Waals surface area contributed by atoms with E-state index in [1.54, 1.807) is 0 Å². The average Bonchev–Trinajstić information content (AvgIpc) is 4.27. The normalized spacial score (nSPS) is 25.4. The van der Waals surface area contributed by atoms with Gasteiger partial charge in [0.15, 0.2) is 0 Å². The van der Waals surface area contributed by atoms with Crippen molar-refractivity contribution < 1.29 is 40.8 Å². The Labute approximate surface area is 465 Å². The number of fused-ring (bicyclic) bond motifs is 4. The van der Waals surface area contributed by atoms with Crippen LogP contribution in [0.2, 0.25) is 5.28 Å². The van der Waals surface area contributed by atoms with E-state index in [9.17, 15) is 0 Å². The third-order valence-corrected chi connectivity index (χ3v) is 17.2. The van der Waals surface area contributed by atoms with Crippen molar-refractivity contribution in [2.45, 2.75) is 148 Å². The maximum Gasteiger partial charge on any atom is 1.00 e. The van der Waals surface area contributed by atoms with Gasteiger partial charge >= 0.3 is 35.6 Å². The van der Waals surface area contributed by atoms with Crippen molar-refractivity contribution >= 4 is 23.2 Å². The first-order valence-corrected chi connectivity index (χ1v) is 27.2. The van der Waals surface area contributed by atoms with E-state index in [0.717, 1.165) is 127 Å². The summed E-state index contributed by atoms with van der Waals surface area (Å²) in [5.41, 5.74) is 10.7. The van der Waals surface area contributed by atoms with Crippen LogP contribution in [0.25, 0.3) is 0 Å². The minimum atomic E-state index is 0. The molecule has 12 nitrogen and oxygen atoms in total. The molecule has 4 fully saturated rings. The number of benzene rings is 2. The zero-order valence-electron chi connectivity index (χ0n) is 44.3. The van der Waals surface area contributed by atoms with Crippen molar-refractivity contribution in [1.29, 1.82) is 0 Å². The van der Waals surface area contributed by atoms with E-state index in [-0.39, 0.29) is 38.4 Å². The van der Waals surface area contributed by atoms with Crippen LogP contribution in [-0.2, 0) is 39.0 Å². The van der Waals surface area contributed by atoms with Crippen LogP contribution in [0.15, 0.2) is 48.5 Å². The van der Waals surface area contributed by atoms with Crippen molar-refractivity contribution in [3.8, 4) is 30.7 Å². The molecular formula is C59H80ClN10NaO2. The molecule has 6 aliphatic heterocycles. The van der Waals surface area contributed by atoms with Crippen LogP contribution in [-0.4, -0.2) is 123 Å². The second-order valence-corrected chi connectivity index (χ2v) is 21.9. The summed E-state index contributed by atoms with van der Waals surface area (Å²) in [5.74, 6) is 8.92. The number of hydrogen-bond donors (Lipinski definition) is 1. The van der Waals surface area contributed by atoms with E-state index in [1.807, 2.05) is 0 Å². The fourth-order valence-corrected chi connectivity index (χ4v) is 13.3. The summed E-state index contributed by atoms with van der Waals surface area (Å²) >= 11 is 6.33. The van der Waals surface area contributed by atoms with Crippen LogP contribution in [0.3, 0.4) is 0 Å². The zero-order chi connectivity index (χ0) is 48.8. The quantitative estimate of drug-likeness (QED) is 0.108. The van der Waals surface area contributed by atoms with Gasteiger partial charge in [0.2, 0.25) is 5.28 Å². The van der Waals surface area contributed by atoms with Gasteiger partial charge in [-0.15, -0.1) is 24.7 Å². The Morgan fingerprint density at radius 2 is 1.14 bits per heavy atom. The molecule has 73 heavy (non-hydrogen) atoms. The van der Waals surface area contributed by atoms with Crippen LogP contribution in [0.4, 0.5) is 11.6 Å². The molecule has 12 rings (SSSR count). The summed E-state index contributed by atoms with van der Waals surface area (Å²) in [5, 5.41) is 9.06. The molecule has 4 saturated heterocycles. The Bertz CT molecular complexity index is 2580. The molecule has 2 aliphatic carbocycles. The predicted molar refractivity (Wildman–Crippen MR) is 291 cm³/mol. The molecule has 386 valence electrons. The summed E-state index contributed by atoms with van der Waals surface area (Å²) in [7, 11) is 4.25. The fraction of sp³-hybridized carbons (Fsp3) is 0.593. The first kappa shape index (κ1) is 55.4. The van der Waals surface area contributed by atoms with Crippen LogP contribution in [0, 0.1) is 36.5 Å². The second kappa shape index (κ2) is 25.8. The van der Waals surface area contributed by atoms with Gasteiger partial charge < -0.3 is 30.9 Å². The fourth-order valence-electron chi connectivity index (χ4n) is 13.1. The number of aliphatic hydroxyl groups excluding tert-OH is 1. The molecule has 4 aromatic rings. The van der Waals surface area contributed by atoms with Crippen LogP contribution >= 0.6 is 11.6 Å². The van der Waals surface area contributed by atoms with Crippen molar-refractivity contribution in [3.05, 3.63) is 98.6 Å². The number of piperidine rings is 2. The standard InChI is InChI=1S/C29H37N5O.C23H25ClN4.C6H13NO.CH4.Na.H/c1-3-8-21-9-6-16-33(17-21)28-25-18-34(27-14-13-22-10-4-5-12-24(22)27)19-26(25)30-29(31-28)35-20-23-11-7-15-32(23)2;1-2-6-16-7-5-12-27(13-16)22-19-14-28(15-20(19)25-23(24)26-22)21-11-10-17-8-3-4-9-18(17)21;1-7-4-2-3-6(7)5-8;;;/h1,4-5,10,12,21,23,27H,6-9,11,13-20H2,2H3;1,3-4,8-9,16,21H,5-7,10-15H2;6,8H,2-5H2,1H3;1H4;;/q;;;;+1;-1/t21-,23+,27?;16-,21?;6-;;;/m110.../s1. The SMILES string of the molecule is C.C#CC[C@@H]1CCCN(c2nc(Cl)nc3c2CN(C2CCc4ccccc42)C3)C1.C#CC[C@@H]1CCCN(c2nc(OC[C@@H]3CCCN3C)nc3c2CN(C2CCc4ccccc42)C3)C1.CN1CCC[C@H]1CO.[H-].[Na+]. The summed E-state index contributed by atoms with van der Waals surface area (Å²) in [6, 6.07) is 20.2. The summed E-state index contributed by atoms with van der Waals surface area (Å²) < 4.78 is 6.27. The van der Waals surface area contributed by atoms with E-state index in [4.69, 9.17) is 44.3 Å². The molecule has 6 atom stereocenters. The largest absolute Gasteiger partial charge is 1.00 e. The van der Waals surface area contributed by atoms with Gasteiger partial charge in [-0.1, -0.05) is 56.0 Å². The monoisotopic (exact) mass is 1020 g/mol. The van der Waals surface area contributed by atoms with Crippen molar-refractivity contribution in [2.24, 2.45) is 11.8 Å². The number of terminal acetylenes is 2. The van der Waals surface area contributed by atoms with E-state index < -0.39 is 0 Å². The summed E-state index contributed by atoms with van der Waals surface area (Å²) in [6.07, 6.45) is 27.2. The number of rotatable bonds is 10. The number of anilines is 2. The first-order chi connectivity index (χ1) is 34.8. The van der Waals surface area contributed by atoms with Crippen LogP contribution < -0.4 is 44.1 Å². The Morgan fingerprint density at radius 3 is 1.63 bits per heavy atom. The summed E-state index contributed by atoms with van der Waals surface area (Å²) in [6.45, 7) is 10.8. The molecule has 8 heterocycles. The molecular weight excluding hydrogens is 939 g/mol. The molecule has 2 unspecified atom stereocenters. The van der Waals surface area contributed by atoms with Gasteiger partial charge in [-0.2, -0.15) is 9.97 Å². The molecule has 1 N–H and O–H groups in total. The third-order valence-electron chi connectivity index (χ3n) is 17.0. The molecule has 0 saturated carbocycles. The molecule has 8 aliphatic rings. The number of aliphatic hydroxyl groups is 1. The molecule has 0 bridgehead atoms. The van der Waals surface area contributed by atoms with E-state index in [2.05, 4.69) is 114 Å². The van der Waals surface area contributed by atoms with Gasteiger partial charge in [-0.25, -0.2) is 9.97 Å². The number of ether oxygens (including phenoxy) is 1. The Kier molecular flexibility index (Phi) is 19.6.